The topological polar surface area (TPSA) is 64.4 Å². The van der Waals surface area contributed by atoms with Gasteiger partial charge in [-0.15, -0.1) is 0 Å². The smallest absolute Gasteiger partial charge is 0.273 e. The average molecular weight is 331 g/mol. The number of methoxy groups -OCH3 is 1. The SMILES string of the molecule is COCc1cc(C(=O)NCC2CCC(Br)CC2)no1. The zero-order valence-corrected chi connectivity index (χ0v) is 12.6. The number of rotatable bonds is 5. The highest BCUT2D eigenvalue weighted by Crippen LogP contribution is 2.28. The highest BCUT2D eigenvalue weighted by atomic mass is 79.9. The van der Waals surface area contributed by atoms with E-state index in [0.717, 1.165) is 12.8 Å². The van der Waals surface area contributed by atoms with Crippen LogP contribution >= 0.6 is 15.9 Å². The van der Waals surface area contributed by atoms with E-state index in [9.17, 15) is 4.79 Å². The largest absolute Gasteiger partial charge is 0.377 e. The number of carbonyl (C=O) groups is 1. The molecule has 5 nitrogen and oxygen atoms in total. The maximum Gasteiger partial charge on any atom is 0.273 e. The zero-order valence-electron chi connectivity index (χ0n) is 11.0. The third-order valence-corrected chi connectivity index (χ3v) is 4.32. The van der Waals surface area contributed by atoms with Gasteiger partial charge in [0.05, 0.1) is 0 Å². The fourth-order valence-electron chi connectivity index (χ4n) is 2.28. The minimum absolute atomic E-state index is 0.174. The highest BCUT2D eigenvalue weighted by Gasteiger charge is 2.20. The van der Waals surface area contributed by atoms with E-state index < -0.39 is 0 Å². The summed E-state index contributed by atoms with van der Waals surface area (Å²) in [4.78, 5) is 12.5. The summed E-state index contributed by atoms with van der Waals surface area (Å²) in [6, 6.07) is 1.62. The van der Waals surface area contributed by atoms with Crippen LogP contribution in [0.2, 0.25) is 0 Å². The van der Waals surface area contributed by atoms with Crippen LogP contribution in [0, 0.1) is 5.92 Å². The molecule has 1 aromatic rings. The molecule has 6 heteroatoms. The fourth-order valence-corrected chi connectivity index (χ4v) is 2.81. The van der Waals surface area contributed by atoms with Gasteiger partial charge < -0.3 is 14.6 Å². The van der Waals surface area contributed by atoms with Crippen molar-refractivity contribution >= 4 is 21.8 Å². The van der Waals surface area contributed by atoms with Crippen molar-refractivity contribution in [2.75, 3.05) is 13.7 Å². The lowest BCUT2D eigenvalue weighted by Gasteiger charge is -2.25. The molecule has 1 fully saturated rings. The van der Waals surface area contributed by atoms with Crippen LogP contribution in [0.1, 0.15) is 41.9 Å². The molecule has 0 atom stereocenters. The number of hydrogen-bond acceptors (Lipinski definition) is 4. The molecular formula is C13H19BrN2O3. The summed E-state index contributed by atoms with van der Waals surface area (Å²) in [5.41, 5.74) is 0.321. The molecule has 1 heterocycles. The Kier molecular flexibility index (Phi) is 5.39. The molecule has 0 radical (unpaired) electrons. The van der Waals surface area contributed by atoms with E-state index in [1.165, 1.54) is 12.8 Å². The summed E-state index contributed by atoms with van der Waals surface area (Å²) in [6.45, 7) is 1.04. The molecule has 0 spiro atoms. The van der Waals surface area contributed by atoms with Gasteiger partial charge in [0, 0.05) is 24.5 Å². The van der Waals surface area contributed by atoms with Crippen LogP contribution in [0.4, 0.5) is 0 Å². The summed E-state index contributed by atoms with van der Waals surface area (Å²) in [6.07, 6.45) is 4.68. The Hall–Kier alpha value is -0.880. The third-order valence-electron chi connectivity index (χ3n) is 3.41. The normalized spacial score (nSPS) is 23.3. The number of halogens is 1. The summed E-state index contributed by atoms with van der Waals surface area (Å²) in [5, 5.41) is 6.66. The van der Waals surface area contributed by atoms with E-state index in [4.69, 9.17) is 9.26 Å². The monoisotopic (exact) mass is 330 g/mol. The number of alkyl halides is 1. The number of nitrogens with zero attached hydrogens (tertiary/aromatic N) is 1. The first-order valence-electron chi connectivity index (χ1n) is 6.56. The number of ether oxygens (including phenoxy) is 1. The molecule has 1 saturated carbocycles. The van der Waals surface area contributed by atoms with Crippen LogP contribution in [0.25, 0.3) is 0 Å². The summed E-state index contributed by atoms with van der Waals surface area (Å²) in [7, 11) is 1.57. The van der Waals surface area contributed by atoms with Crippen molar-refractivity contribution in [2.45, 2.75) is 37.1 Å². The van der Waals surface area contributed by atoms with Gasteiger partial charge in [-0.25, -0.2) is 0 Å². The molecule has 0 saturated heterocycles. The van der Waals surface area contributed by atoms with E-state index in [0.29, 0.717) is 35.4 Å². The Morgan fingerprint density at radius 3 is 2.95 bits per heavy atom. The van der Waals surface area contributed by atoms with Crippen LogP contribution in [0.15, 0.2) is 10.6 Å². The second-order valence-corrected chi connectivity index (χ2v) is 6.23. The Labute approximate surface area is 121 Å². The van der Waals surface area contributed by atoms with Crippen LogP contribution < -0.4 is 5.32 Å². The van der Waals surface area contributed by atoms with Gasteiger partial charge in [-0.05, 0) is 31.6 Å². The highest BCUT2D eigenvalue weighted by molar-refractivity contribution is 9.09. The fraction of sp³-hybridized carbons (Fsp3) is 0.692. The van der Waals surface area contributed by atoms with Crippen molar-refractivity contribution in [3.63, 3.8) is 0 Å². The van der Waals surface area contributed by atoms with E-state index in [-0.39, 0.29) is 5.91 Å². The summed E-state index contributed by atoms with van der Waals surface area (Å²) in [5.74, 6) is 0.961. The Morgan fingerprint density at radius 1 is 1.53 bits per heavy atom. The predicted octanol–water partition coefficient (Wildman–Crippen LogP) is 2.50. The van der Waals surface area contributed by atoms with Crippen molar-refractivity contribution in [3.8, 4) is 0 Å². The van der Waals surface area contributed by atoms with Crippen molar-refractivity contribution in [1.82, 2.24) is 10.5 Å². The van der Waals surface area contributed by atoms with Crippen LogP contribution in [-0.4, -0.2) is 29.5 Å². The van der Waals surface area contributed by atoms with Gasteiger partial charge in [-0.2, -0.15) is 0 Å². The first-order chi connectivity index (χ1) is 9.19. The summed E-state index contributed by atoms with van der Waals surface area (Å²) >= 11 is 3.63. The van der Waals surface area contributed by atoms with Gasteiger partial charge >= 0.3 is 0 Å². The van der Waals surface area contributed by atoms with Crippen LogP contribution in [-0.2, 0) is 11.3 Å². The lowest BCUT2D eigenvalue weighted by molar-refractivity contribution is 0.0934. The van der Waals surface area contributed by atoms with Gasteiger partial charge in [0.25, 0.3) is 5.91 Å². The maximum absolute atomic E-state index is 11.9. The Bertz CT molecular complexity index is 414. The first-order valence-corrected chi connectivity index (χ1v) is 7.47. The number of amides is 1. The molecule has 1 aliphatic rings. The number of hydrogen-bond donors (Lipinski definition) is 1. The van der Waals surface area contributed by atoms with Crippen LogP contribution in [0.3, 0.4) is 0 Å². The van der Waals surface area contributed by atoms with Crippen molar-refractivity contribution in [1.29, 1.82) is 0 Å². The van der Waals surface area contributed by atoms with Gasteiger partial charge in [-0.1, -0.05) is 21.1 Å². The van der Waals surface area contributed by atoms with Gasteiger partial charge in [0.1, 0.15) is 6.61 Å². The van der Waals surface area contributed by atoms with Gasteiger partial charge in [0.15, 0.2) is 11.5 Å². The molecular weight excluding hydrogens is 312 g/mol. The first kappa shape index (κ1) is 14.5. The molecule has 19 heavy (non-hydrogen) atoms. The second kappa shape index (κ2) is 7.05. The van der Waals surface area contributed by atoms with Gasteiger partial charge in [0.2, 0.25) is 0 Å². The van der Waals surface area contributed by atoms with Crippen LogP contribution in [0.5, 0.6) is 0 Å². The zero-order chi connectivity index (χ0) is 13.7. The maximum atomic E-state index is 11.9. The number of aromatic nitrogens is 1. The molecule has 1 amide bonds. The molecule has 0 unspecified atom stereocenters. The predicted molar refractivity (Wildman–Crippen MR) is 74.2 cm³/mol. The molecule has 1 aliphatic carbocycles. The van der Waals surface area contributed by atoms with E-state index in [1.807, 2.05) is 0 Å². The molecule has 106 valence electrons. The molecule has 1 N–H and O–H groups in total. The standard InChI is InChI=1S/C13H19BrN2O3/c1-18-8-11-6-12(16-19-11)13(17)15-7-9-2-4-10(14)5-3-9/h6,9-10H,2-5,7-8H2,1H3,(H,15,17). The van der Waals surface area contributed by atoms with E-state index >= 15 is 0 Å². The van der Waals surface area contributed by atoms with E-state index in [1.54, 1.807) is 13.2 Å². The molecule has 2 rings (SSSR count). The third kappa shape index (κ3) is 4.31. The Balaban J connectivity index is 1.77. The van der Waals surface area contributed by atoms with Crippen molar-refractivity contribution in [3.05, 3.63) is 17.5 Å². The lowest BCUT2D eigenvalue weighted by atomic mass is 9.89. The van der Waals surface area contributed by atoms with Gasteiger partial charge in [-0.3, -0.25) is 4.79 Å². The molecule has 1 aromatic heterocycles. The van der Waals surface area contributed by atoms with Crippen molar-refractivity contribution < 1.29 is 14.1 Å². The minimum atomic E-state index is -0.174. The molecule has 0 bridgehead atoms. The second-order valence-electron chi connectivity index (χ2n) is 4.94. The average Bonchev–Trinajstić information content (AvgIpc) is 2.87. The van der Waals surface area contributed by atoms with E-state index in [2.05, 4.69) is 26.4 Å². The van der Waals surface area contributed by atoms with Crippen molar-refractivity contribution in [2.24, 2.45) is 5.92 Å². The number of carbonyl (C=O) groups excluding carboxylic acids is 1. The quantitative estimate of drug-likeness (QED) is 0.842. The Morgan fingerprint density at radius 2 is 2.26 bits per heavy atom. The summed E-state index contributed by atoms with van der Waals surface area (Å²) < 4.78 is 9.91. The molecule has 0 aromatic carbocycles. The minimum Gasteiger partial charge on any atom is -0.377 e. The lowest BCUT2D eigenvalue weighted by Crippen LogP contribution is -2.31. The molecule has 0 aliphatic heterocycles. The number of nitrogens with one attached hydrogen (secondary N) is 1.